The lowest BCUT2D eigenvalue weighted by Crippen LogP contribution is -2.02. The van der Waals surface area contributed by atoms with Crippen LogP contribution in [0.4, 0.5) is 0 Å². The molecule has 6 nitrogen and oxygen atoms in total. The molecular weight excluding hydrogens is 479 g/mol. The van der Waals surface area contributed by atoms with Gasteiger partial charge < -0.3 is 9.47 Å². The summed E-state index contributed by atoms with van der Waals surface area (Å²) in [5, 5.41) is 19.9. The zero-order valence-corrected chi connectivity index (χ0v) is 20.1. The third-order valence-electron chi connectivity index (χ3n) is 4.92. The standard InChI is InChI=1S/C24H18Cl2N4O2S/c1-31-21-9-7-17(25)11-19(21)23-28-29-24(33-14-16-6-4-3-5-15(16)13-27)30(23)18-8-10-22(32-2)20(26)12-18/h3-12H,14H2,1-2H3. The Morgan fingerprint density at radius 3 is 2.45 bits per heavy atom. The Balaban J connectivity index is 1.84. The minimum Gasteiger partial charge on any atom is -0.496 e. The quantitative estimate of drug-likeness (QED) is 0.274. The predicted octanol–water partition coefficient (Wildman–Crippen LogP) is 6.42. The van der Waals surface area contributed by atoms with Crippen LogP contribution in [-0.2, 0) is 5.75 Å². The molecule has 0 N–H and O–H groups in total. The number of thioether (sulfide) groups is 1. The van der Waals surface area contributed by atoms with E-state index in [9.17, 15) is 5.26 Å². The Hall–Kier alpha value is -3.18. The van der Waals surface area contributed by atoms with Crippen molar-refractivity contribution in [2.24, 2.45) is 0 Å². The molecule has 1 heterocycles. The smallest absolute Gasteiger partial charge is 0.196 e. The number of halogens is 2. The highest BCUT2D eigenvalue weighted by Gasteiger charge is 2.21. The average molecular weight is 497 g/mol. The molecule has 33 heavy (non-hydrogen) atoms. The molecule has 1 aromatic heterocycles. The van der Waals surface area contributed by atoms with E-state index >= 15 is 0 Å². The van der Waals surface area contributed by atoms with Crippen LogP contribution in [0, 0.1) is 11.3 Å². The monoisotopic (exact) mass is 496 g/mol. The molecule has 0 atom stereocenters. The molecule has 0 fully saturated rings. The molecule has 0 bridgehead atoms. The van der Waals surface area contributed by atoms with Gasteiger partial charge in [-0.15, -0.1) is 10.2 Å². The number of aromatic nitrogens is 3. The first-order chi connectivity index (χ1) is 16.0. The number of hydrogen-bond acceptors (Lipinski definition) is 6. The lowest BCUT2D eigenvalue weighted by atomic mass is 10.1. The van der Waals surface area contributed by atoms with Crippen molar-refractivity contribution < 1.29 is 9.47 Å². The first kappa shape index (κ1) is 23.0. The van der Waals surface area contributed by atoms with Gasteiger partial charge >= 0.3 is 0 Å². The molecule has 4 aromatic rings. The molecule has 9 heteroatoms. The van der Waals surface area contributed by atoms with E-state index in [4.69, 9.17) is 32.7 Å². The number of hydrogen-bond donors (Lipinski definition) is 0. The van der Waals surface area contributed by atoms with Crippen molar-refractivity contribution in [3.8, 4) is 34.6 Å². The van der Waals surface area contributed by atoms with E-state index in [0.29, 0.717) is 49.4 Å². The molecule has 0 saturated heterocycles. The van der Waals surface area contributed by atoms with E-state index < -0.39 is 0 Å². The summed E-state index contributed by atoms with van der Waals surface area (Å²) in [6.07, 6.45) is 0. The second-order valence-electron chi connectivity index (χ2n) is 6.86. The van der Waals surface area contributed by atoms with Crippen molar-refractivity contribution in [3.05, 3.63) is 81.8 Å². The summed E-state index contributed by atoms with van der Waals surface area (Å²) >= 11 is 14.2. The summed E-state index contributed by atoms with van der Waals surface area (Å²) in [7, 11) is 3.15. The summed E-state index contributed by atoms with van der Waals surface area (Å²) in [6, 6.07) is 20.5. The lowest BCUT2D eigenvalue weighted by molar-refractivity contribution is 0.415. The van der Waals surface area contributed by atoms with Crippen LogP contribution in [0.15, 0.2) is 65.8 Å². The van der Waals surface area contributed by atoms with Crippen molar-refractivity contribution >= 4 is 35.0 Å². The van der Waals surface area contributed by atoms with E-state index in [1.807, 2.05) is 28.8 Å². The highest BCUT2D eigenvalue weighted by molar-refractivity contribution is 7.98. The summed E-state index contributed by atoms with van der Waals surface area (Å²) < 4.78 is 12.7. The molecular formula is C24H18Cl2N4O2S. The number of benzene rings is 3. The van der Waals surface area contributed by atoms with E-state index in [1.54, 1.807) is 50.6 Å². The minimum atomic E-state index is 0.457. The van der Waals surface area contributed by atoms with Crippen LogP contribution in [0.25, 0.3) is 17.1 Å². The fourth-order valence-electron chi connectivity index (χ4n) is 3.32. The normalized spacial score (nSPS) is 10.6. The summed E-state index contributed by atoms with van der Waals surface area (Å²) in [5.74, 6) is 2.26. The fraction of sp³-hybridized carbons (Fsp3) is 0.125. The van der Waals surface area contributed by atoms with Crippen molar-refractivity contribution in [2.45, 2.75) is 10.9 Å². The first-order valence-electron chi connectivity index (χ1n) is 9.79. The van der Waals surface area contributed by atoms with E-state index in [-0.39, 0.29) is 0 Å². The zero-order valence-electron chi connectivity index (χ0n) is 17.8. The molecule has 0 radical (unpaired) electrons. The molecule has 0 saturated carbocycles. The summed E-state index contributed by atoms with van der Waals surface area (Å²) in [5.41, 5.74) is 2.97. The largest absolute Gasteiger partial charge is 0.496 e. The highest BCUT2D eigenvalue weighted by Crippen LogP contribution is 2.37. The van der Waals surface area contributed by atoms with Crippen molar-refractivity contribution in [1.29, 1.82) is 5.26 Å². The van der Waals surface area contributed by atoms with Gasteiger partial charge in [0.2, 0.25) is 0 Å². The molecule has 0 aliphatic heterocycles. The van der Waals surface area contributed by atoms with E-state index in [2.05, 4.69) is 16.3 Å². The topological polar surface area (TPSA) is 73.0 Å². The molecule has 0 spiro atoms. The third-order valence-corrected chi connectivity index (χ3v) is 6.43. The fourth-order valence-corrected chi connectivity index (χ4v) is 4.70. The van der Waals surface area contributed by atoms with Gasteiger partial charge in [-0.05, 0) is 48.0 Å². The number of rotatable bonds is 7. The maximum absolute atomic E-state index is 9.42. The number of methoxy groups -OCH3 is 2. The van der Waals surface area contributed by atoms with Gasteiger partial charge in [-0.3, -0.25) is 4.57 Å². The summed E-state index contributed by atoms with van der Waals surface area (Å²) in [6.45, 7) is 0. The van der Waals surface area contributed by atoms with Crippen molar-refractivity contribution in [2.75, 3.05) is 14.2 Å². The predicted molar refractivity (Wildman–Crippen MR) is 131 cm³/mol. The number of ether oxygens (including phenoxy) is 2. The van der Waals surface area contributed by atoms with Gasteiger partial charge in [-0.2, -0.15) is 5.26 Å². The maximum atomic E-state index is 9.42. The number of nitriles is 1. The van der Waals surface area contributed by atoms with Gasteiger partial charge in [0.25, 0.3) is 0 Å². The van der Waals surface area contributed by atoms with Crippen LogP contribution >= 0.6 is 35.0 Å². The molecule has 0 unspecified atom stereocenters. The second kappa shape index (κ2) is 10.2. The van der Waals surface area contributed by atoms with Gasteiger partial charge in [-0.25, -0.2) is 0 Å². The molecule has 3 aromatic carbocycles. The van der Waals surface area contributed by atoms with Crippen LogP contribution in [0.1, 0.15) is 11.1 Å². The van der Waals surface area contributed by atoms with Gasteiger partial charge in [0.05, 0.1) is 42.1 Å². The van der Waals surface area contributed by atoms with Crippen molar-refractivity contribution in [1.82, 2.24) is 14.8 Å². The first-order valence-corrected chi connectivity index (χ1v) is 11.5. The molecule has 0 amide bonds. The molecule has 0 aliphatic carbocycles. The summed E-state index contributed by atoms with van der Waals surface area (Å²) in [4.78, 5) is 0. The lowest BCUT2D eigenvalue weighted by Gasteiger charge is -2.14. The van der Waals surface area contributed by atoms with Gasteiger partial charge in [0.15, 0.2) is 11.0 Å². The Labute approximate surface area is 205 Å². The second-order valence-corrected chi connectivity index (χ2v) is 8.65. The van der Waals surface area contributed by atoms with Crippen LogP contribution in [-0.4, -0.2) is 29.0 Å². The molecule has 0 aliphatic rings. The maximum Gasteiger partial charge on any atom is 0.196 e. The Kier molecular flexibility index (Phi) is 7.09. The highest BCUT2D eigenvalue weighted by atomic mass is 35.5. The Morgan fingerprint density at radius 1 is 0.970 bits per heavy atom. The van der Waals surface area contributed by atoms with E-state index in [1.165, 1.54) is 11.8 Å². The van der Waals surface area contributed by atoms with Crippen LogP contribution in [0.3, 0.4) is 0 Å². The van der Waals surface area contributed by atoms with Crippen molar-refractivity contribution in [3.63, 3.8) is 0 Å². The average Bonchev–Trinajstić information content (AvgIpc) is 3.26. The minimum absolute atomic E-state index is 0.457. The van der Waals surface area contributed by atoms with Gasteiger partial charge in [0, 0.05) is 10.8 Å². The number of nitrogens with zero attached hydrogens (tertiary/aromatic N) is 4. The zero-order chi connectivity index (χ0) is 23.4. The molecule has 166 valence electrons. The van der Waals surface area contributed by atoms with Crippen LogP contribution < -0.4 is 9.47 Å². The van der Waals surface area contributed by atoms with Gasteiger partial charge in [-0.1, -0.05) is 53.2 Å². The Morgan fingerprint density at radius 2 is 1.73 bits per heavy atom. The van der Waals surface area contributed by atoms with Gasteiger partial charge in [0.1, 0.15) is 11.5 Å². The van der Waals surface area contributed by atoms with E-state index in [0.717, 1.165) is 11.3 Å². The third kappa shape index (κ3) is 4.79. The SMILES string of the molecule is COc1ccc(-n2c(SCc3ccccc3C#N)nnc2-c2cc(Cl)ccc2OC)cc1Cl. The Bertz CT molecular complexity index is 1350. The van der Waals surface area contributed by atoms with Crippen LogP contribution in [0.5, 0.6) is 11.5 Å². The van der Waals surface area contributed by atoms with Crippen LogP contribution in [0.2, 0.25) is 10.0 Å². The molecule has 4 rings (SSSR count).